The highest BCUT2D eigenvalue weighted by molar-refractivity contribution is 7.23. The summed E-state index contributed by atoms with van der Waals surface area (Å²) in [7, 11) is 1.72. The van der Waals surface area contributed by atoms with Gasteiger partial charge in [0.05, 0.1) is 33.6 Å². The lowest BCUT2D eigenvalue weighted by atomic mass is 10.3. The monoisotopic (exact) mass is 427 g/mol. The number of aromatic nitrogens is 2. The van der Waals surface area contributed by atoms with Crippen LogP contribution < -0.4 is 20.1 Å². The van der Waals surface area contributed by atoms with Crippen LogP contribution in [0, 0.1) is 0 Å². The predicted molar refractivity (Wildman–Crippen MR) is 122 cm³/mol. The molecule has 0 saturated carbocycles. The molecule has 0 radical (unpaired) electrons. The molecule has 4 aromatic rings. The van der Waals surface area contributed by atoms with Crippen molar-refractivity contribution in [3.05, 3.63) is 36.4 Å². The van der Waals surface area contributed by atoms with E-state index in [-0.39, 0.29) is 0 Å². The molecule has 29 heavy (non-hydrogen) atoms. The van der Waals surface area contributed by atoms with Crippen LogP contribution in [-0.4, -0.2) is 36.2 Å². The molecule has 4 rings (SSSR count). The van der Waals surface area contributed by atoms with Gasteiger partial charge >= 0.3 is 0 Å². The summed E-state index contributed by atoms with van der Waals surface area (Å²) in [5.74, 6) is 2.27. The Hall–Kier alpha value is -2.91. The highest BCUT2D eigenvalue weighted by Gasteiger charge is 2.10. The van der Waals surface area contributed by atoms with E-state index in [4.69, 9.17) is 9.47 Å². The minimum Gasteiger partial charge on any atom is -0.494 e. The molecule has 0 fully saturated rings. The molecule has 0 bridgehead atoms. The van der Waals surface area contributed by atoms with E-state index in [0.29, 0.717) is 19.2 Å². The van der Waals surface area contributed by atoms with Gasteiger partial charge in [0.2, 0.25) is 5.96 Å². The smallest absolute Gasteiger partial charge is 0.203 e. The second-order valence-corrected chi connectivity index (χ2v) is 8.05. The van der Waals surface area contributed by atoms with Crippen LogP contribution in [0.3, 0.4) is 0 Å². The molecule has 0 spiro atoms. The maximum Gasteiger partial charge on any atom is 0.203 e. The first kappa shape index (κ1) is 19.4. The number of ether oxygens (including phenoxy) is 2. The van der Waals surface area contributed by atoms with Gasteiger partial charge in [0.25, 0.3) is 0 Å². The fourth-order valence-electron chi connectivity index (χ4n) is 2.78. The largest absolute Gasteiger partial charge is 0.494 e. The van der Waals surface area contributed by atoms with Gasteiger partial charge in [-0.15, -0.1) is 0 Å². The van der Waals surface area contributed by atoms with Crippen LogP contribution in [0.25, 0.3) is 20.4 Å². The molecule has 0 amide bonds. The van der Waals surface area contributed by atoms with Crippen LogP contribution in [0.1, 0.15) is 13.8 Å². The zero-order valence-electron chi connectivity index (χ0n) is 16.4. The van der Waals surface area contributed by atoms with Crippen molar-refractivity contribution in [1.82, 2.24) is 9.97 Å². The summed E-state index contributed by atoms with van der Waals surface area (Å²) >= 11 is 3.09. The Morgan fingerprint density at radius 3 is 1.76 bits per heavy atom. The van der Waals surface area contributed by atoms with E-state index >= 15 is 0 Å². The number of fused-ring (bicyclic) bond motifs is 2. The van der Waals surface area contributed by atoms with E-state index in [2.05, 4.69) is 25.6 Å². The third kappa shape index (κ3) is 4.41. The zero-order chi connectivity index (χ0) is 20.2. The van der Waals surface area contributed by atoms with Gasteiger partial charge in [-0.25, -0.2) is 9.97 Å². The molecule has 0 atom stereocenters. The molecule has 2 aromatic heterocycles. The van der Waals surface area contributed by atoms with Crippen LogP contribution in [0.4, 0.5) is 10.3 Å². The number of aliphatic imine (C=N–C) groups is 1. The van der Waals surface area contributed by atoms with Crippen molar-refractivity contribution in [3.8, 4) is 11.5 Å². The molecule has 7 nitrogen and oxygen atoms in total. The number of nitrogens with one attached hydrogen (secondary N) is 2. The van der Waals surface area contributed by atoms with Crippen LogP contribution >= 0.6 is 22.7 Å². The summed E-state index contributed by atoms with van der Waals surface area (Å²) in [6.45, 7) is 5.22. The summed E-state index contributed by atoms with van der Waals surface area (Å²) in [6.07, 6.45) is 0. The van der Waals surface area contributed by atoms with Crippen molar-refractivity contribution in [2.24, 2.45) is 4.99 Å². The number of hydrogen-bond acceptors (Lipinski definition) is 7. The summed E-state index contributed by atoms with van der Waals surface area (Å²) < 4.78 is 13.2. The molecule has 0 saturated heterocycles. The third-order valence-corrected chi connectivity index (χ3v) is 5.88. The average Bonchev–Trinajstić information content (AvgIpc) is 3.30. The number of anilines is 2. The van der Waals surface area contributed by atoms with Gasteiger partial charge in [0, 0.05) is 7.05 Å². The Balaban J connectivity index is 1.51. The summed E-state index contributed by atoms with van der Waals surface area (Å²) in [4.78, 5) is 13.5. The lowest BCUT2D eigenvalue weighted by molar-refractivity contribution is 0.340. The highest BCUT2D eigenvalue weighted by atomic mass is 32.1. The maximum absolute atomic E-state index is 5.56. The first-order valence-electron chi connectivity index (χ1n) is 9.26. The quantitative estimate of drug-likeness (QED) is 0.325. The van der Waals surface area contributed by atoms with Crippen molar-refractivity contribution < 1.29 is 9.47 Å². The predicted octanol–water partition coefficient (Wildman–Crippen LogP) is 5.21. The van der Waals surface area contributed by atoms with Crippen molar-refractivity contribution in [3.63, 3.8) is 0 Å². The van der Waals surface area contributed by atoms with Crippen LogP contribution in [0.15, 0.2) is 41.4 Å². The first-order chi connectivity index (χ1) is 14.2. The highest BCUT2D eigenvalue weighted by Crippen LogP contribution is 2.31. The van der Waals surface area contributed by atoms with Gasteiger partial charge in [-0.1, -0.05) is 22.7 Å². The molecular weight excluding hydrogens is 406 g/mol. The van der Waals surface area contributed by atoms with Crippen molar-refractivity contribution in [2.75, 3.05) is 30.9 Å². The average molecular weight is 428 g/mol. The number of guanidine groups is 1. The van der Waals surface area contributed by atoms with Crippen LogP contribution in [0.5, 0.6) is 11.5 Å². The normalized spacial score (nSPS) is 10.9. The maximum atomic E-state index is 5.56. The number of thiazole rings is 2. The fourth-order valence-corrected chi connectivity index (χ4v) is 4.56. The molecule has 0 aliphatic heterocycles. The van der Waals surface area contributed by atoms with Crippen molar-refractivity contribution in [2.45, 2.75) is 13.8 Å². The summed E-state index contributed by atoms with van der Waals surface area (Å²) in [6, 6.07) is 11.8. The molecule has 2 heterocycles. The Morgan fingerprint density at radius 2 is 1.34 bits per heavy atom. The van der Waals surface area contributed by atoms with Crippen molar-refractivity contribution in [1.29, 1.82) is 0 Å². The van der Waals surface area contributed by atoms with Gasteiger partial charge in [-0.2, -0.15) is 0 Å². The Kier molecular flexibility index (Phi) is 5.77. The molecule has 9 heteroatoms. The van der Waals surface area contributed by atoms with Gasteiger partial charge in [0.15, 0.2) is 10.3 Å². The lowest BCUT2D eigenvalue weighted by Gasteiger charge is -2.06. The first-order valence-corrected chi connectivity index (χ1v) is 10.9. The van der Waals surface area contributed by atoms with Gasteiger partial charge < -0.3 is 20.1 Å². The zero-order valence-corrected chi connectivity index (χ0v) is 18.0. The summed E-state index contributed by atoms with van der Waals surface area (Å²) in [5.41, 5.74) is 1.83. The fraction of sp³-hybridized carbons (Fsp3) is 0.250. The number of benzene rings is 2. The van der Waals surface area contributed by atoms with E-state index in [1.54, 1.807) is 29.7 Å². The Morgan fingerprint density at radius 1 is 0.862 bits per heavy atom. The van der Waals surface area contributed by atoms with Gasteiger partial charge in [0.1, 0.15) is 11.5 Å². The lowest BCUT2D eigenvalue weighted by Crippen LogP contribution is -2.21. The Labute approximate surface area is 176 Å². The topological polar surface area (TPSA) is 80.7 Å². The number of hydrogen-bond donors (Lipinski definition) is 2. The minimum atomic E-state index is 0.582. The second kappa shape index (κ2) is 8.62. The van der Waals surface area contributed by atoms with E-state index in [0.717, 1.165) is 42.2 Å². The van der Waals surface area contributed by atoms with E-state index in [9.17, 15) is 0 Å². The number of nitrogens with zero attached hydrogens (tertiary/aromatic N) is 3. The van der Waals surface area contributed by atoms with Gasteiger partial charge in [-0.05, 0) is 50.2 Å². The molecule has 0 aliphatic carbocycles. The van der Waals surface area contributed by atoms with E-state index < -0.39 is 0 Å². The van der Waals surface area contributed by atoms with Gasteiger partial charge in [-0.3, -0.25) is 4.99 Å². The van der Waals surface area contributed by atoms with Crippen LogP contribution in [0.2, 0.25) is 0 Å². The number of rotatable bonds is 6. The molecule has 0 unspecified atom stereocenters. The minimum absolute atomic E-state index is 0.582. The van der Waals surface area contributed by atoms with E-state index in [1.807, 2.05) is 50.2 Å². The second-order valence-electron chi connectivity index (χ2n) is 5.99. The standard InChI is InChI=1S/C20H21N5O2S2/c1-4-26-12-6-8-14-16(10-12)28-19(22-14)24-18(21-3)25-20-23-15-9-7-13(27-5-2)11-17(15)29-20/h6-11H,4-5H2,1-3H3,(H2,21,22,23,24,25). The SMILES string of the molecule is CCOc1ccc2nc(NC(=NC)Nc3nc4ccc(OCC)cc4s3)sc2c1. The Bertz CT molecular complexity index is 1080. The molecule has 0 aliphatic rings. The molecule has 150 valence electrons. The molecule has 2 aromatic carbocycles. The van der Waals surface area contributed by atoms with Crippen molar-refractivity contribution >= 4 is 59.3 Å². The molecule has 2 N–H and O–H groups in total. The third-order valence-electron chi connectivity index (χ3n) is 4.02. The van der Waals surface area contributed by atoms with Crippen LogP contribution in [-0.2, 0) is 0 Å². The summed E-state index contributed by atoms with van der Waals surface area (Å²) in [5, 5.41) is 7.99. The van der Waals surface area contributed by atoms with E-state index in [1.165, 1.54) is 0 Å². The molecular formula is C20H21N5O2S2.